The molecule has 1 aromatic carbocycles. The van der Waals surface area contributed by atoms with Crippen LogP contribution in [-0.4, -0.2) is 31.4 Å². The number of hydrogen-bond acceptors (Lipinski definition) is 5. The van der Waals surface area contributed by atoms with E-state index < -0.39 is 5.56 Å². The van der Waals surface area contributed by atoms with Gasteiger partial charge in [-0.05, 0) is 6.07 Å². The van der Waals surface area contributed by atoms with Crippen LogP contribution in [0.2, 0.25) is 0 Å². The summed E-state index contributed by atoms with van der Waals surface area (Å²) in [6.07, 6.45) is 0. The van der Waals surface area contributed by atoms with E-state index in [1.54, 1.807) is 6.07 Å². The Morgan fingerprint density at radius 2 is 1.72 bits per heavy atom. The number of nitrogens with one attached hydrogen (secondary N) is 1. The summed E-state index contributed by atoms with van der Waals surface area (Å²) >= 11 is 0. The van der Waals surface area contributed by atoms with Gasteiger partial charge in [0.25, 0.3) is 5.56 Å². The normalized spacial score (nSPS) is 10.4. The Morgan fingerprint density at radius 3 is 2.28 bits per heavy atom. The smallest absolute Gasteiger partial charge is 0.252 e. The predicted molar refractivity (Wildman–Crippen MR) is 65.9 cm³/mol. The van der Waals surface area contributed by atoms with Gasteiger partial charge in [0.2, 0.25) is 5.75 Å². The molecule has 0 aliphatic rings. The van der Waals surface area contributed by atoms with Gasteiger partial charge in [-0.15, -0.1) is 0 Å². The summed E-state index contributed by atoms with van der Waals surface area (Å²) in [5, 5.41) is 10.2. The van der Waals surface area contributed by atoms with Crippen molar-refractivity contribution in [3.8, 4) is 23.0 Å². The Hall–Kier alpha value is -2.37. The van der Waals surface area contributed by atoms with Gasteiger partial charge in [0.1, 0.15) is 5.75 Å². The van der Waals surface area contributed by atoms with Gasteiger partial charge in [-0.25, -0.2) is 0 Å². The lowest BCUT2D eigenvalue weighted by Crippen LogP contribution is -2.05. The van der Waals surface area contributed by atoms with E-state index in [0.29, 0.717) is 28.2 Å². The molecule has 0 amide bonds. The first-order chi connectivity index (χ1) is 8.62. The van der Waals surface area contributed by atoms with Crippen LogP contribution in [-0.2, 0) is 0 Å². The zero-order chi connectivity index (χ0) is 13.3. The molecule has 6 nitrogen and oxygen atoms in total. The maximum Gasteiger partial charge on any atom is 0.252 e. The first-order valence-electron chi connectivity index (χ1n) is 5.17. The van der Waals surface area contributed by atoms with Crippen LogP contribution in [0.25, 0.3) is 10.9 Å². The molecule has 18 heavy (non-hydrogen) atoms. The van der Waals surface area contributed by atoms with Crippen molar-refractivity contribution in [1.82, 2.24) is 4.98 Å². The number of pyridine rings is 1. The SMILES string of the molecule is COc1cc2c(O)cc(=O)[nH]c2c(OC)c1OC. The topological polar surface area (TPSA) is 80.8 Å². The van der Waals surface area contributed by atoms with Crippen molar-refractivity contribution in [2.75, 3.05) is 21.3 Å². The van der Waals surface area contributed by atoms with Crippen LogP contribution >= 0.6 is 0 Å². The fraction of sp³-hybridized carbons (Fsp3) is 0.250. The van der Waals surface area contributed by atoms with Gasteiger partial charge in [-0.3, -0.25) is 4.79 Å². The van der Waals surface area contributed by atoms with E-state index in [1.807, 2.05) is 0 Å². The lowest BCUT2D eigenvalue weighted by Gasteiger charge is -2.14. The zero-order valence-electron chi connectivity index (χ0n) is 10.2. The third-order valence-corrected chi connectivity index (χ3v) is 2.62. The van der Waals surface area contributed by atoms with E-state index >= 15 is 0 Å². The number of rotatable bonds is 3. The molecule has 0 radical (unpaired) electrons. The van der Waals surface area contributed by atoms with Gasteiger partial charge in [-0.2, -0.15) is 0 Å². The summed E-state index contributed by atoms with van der Waals surface area (Å²) in [6, 6.07) is 2.66. The Balaban J connectivity index is 2.97. The molecule has 0 fully saturated rings. The first kappa shape index (κ1) is 12.1. The van der Waals surface area contributed by atoms with Crippen LogP contribution in [0.3, 0.4) is 0 Å². The van der Waals surface area contributed by atoms with Gasteiger partial charge >= 0.3 is 0 Å². The van der Waals surface area contributed by atoms with Crippen LogP contribution in [0, 0.1) is 0 Å². The molecule has 0 spiro atoms. The molecule has 0 aliphatic heterocycles. The van der Waals surface area contributed by atoms with Crippen molar-refractivity contribution in [2.24, 2.45) is 0 Å². The van der Waals surface area contributed by atoms with E-state index in [9.17, 15) is 9.90 Å². The number of fused-ring (bicyclic) bond motifs is 1. The van der Waals surface area contributed by atoms with Crippen LogP contribution in [0.1, 0.15) is 0 Å². The molecule has 0 saturated carbocycles. The molecule has 2 N–H and O–H groups in total. The van der Waals surface area contributed by atoms with E-state index in [0.717, 1.165) is 6.07 Å². The molecule has 0 bridgehead atoms. The van der Waals surface area contributed by atoms with E-state index in [1.165, 1.54) is 21.3 Å². The molecule has 0 unspecified atom stereocenters. The highest BCUT2D eigenvalue weighted by atomic mass is 16.5. The first-order valence-corrected chi connectivity index (χ1v) is 5.17. The minimum atomic E-state index is -0.425. The van der Waals surface area contributed by atoms with Crippen molar-refractivity contribution in [1.29, 1.82) is 0 Å². The maximum atomic E-state index is 11.4. The Labute approximate surface area is 103 Å². The Morgan fingerprint density at radius 1 is 1.06 bits per heavy atom. The van der Waals surface area contributed by atoms with Gasteiger partial charge in [-0.1, -0.05) is 0 Å². The molecule has 6 heteroatoms. The van der Waals surface area contributed by atoms with Crippen molar-refractivity contribution in [2.45, 2.75) is 0 Å². The second-order valence-corrected chi connectivity index (χ2v) is 3.59. The number of ether oxygens (including phenoxy) is 3. The minimum Gasteiger partial charge on any atom is -0.507 e. The monoisotopic (exact) mass is 251 g/mol. The minimum absolute atomic E-state index is 0.145. The third kappa shape index (κ3) is 1.71. The summed E-state index contributed by atoms with van der Waals surface area (Å²) in [5.41, 5.74) is -0.0642. The van der Waals surface area contributed by atoms with E-state index in [-0.39, 0.29) is 5.75 Å². The maximum absolute atomic E-state index is 11.4. The van der Waals surface area contributed by atoms with Crippen molar-refractivity contribution < 1.29 is 19.3 Å². The largest absolute Gasteiger partial charge is 0.507 e. The van der Waals surface area contributed by atoms with Gasteiger partial charge in [0.05, 0.1) is 26.8 Å². The fourth-order valence-corrected chi connectivity index (χ4v) is 1.84. The summed E-state index contributed by atoms with van der Waals surface area (Å²) in [6.45, 7) is 0. The van der Waals surface area contributed by atoms with Crippen molar-refractivity contribution >= 4 is 10.9 Å². The van der Waals surface area contributed by atoms with Gasteiger partial charge in [0, 0.05) is 11.5 Å². The number of H-pyrrole nitrogens is 1. The number of benzene rings is 1. The van der Waals surface area contributed by atoms with Crippen molar-refractivity contribution in [3.63, 3.8) is 0 Å². The average Bonchev–Trinajstić information content (AvgIpc) is 2.36. The van der Waals surface area contributed by atoms with E-state index in [4.69, 9.17) is 14.2 Å². The van der Waals surface area contributed by atoms with E-state index in [2.05, 4.69) is 4.98 Å². The highest BCUT2D eigenvalue weighted by Gasteiger charge is 2.18. The van der Waals surface area contributed by atoms with Gasteiger partial charge in [0.15, 0.2) is 11.5 Å². The molecule has 1 aromatic heterocycles. The molecule has 0 saturated heterocycles. The molecule has 2 rings (SSSR count). The highest BCUT2D eigenvalue weighted by molar-refractivity contribution is 5.93. The number of aromatic amines is 1. The van der Waals surface area contributed by atoms with Crippen molar-refractivity contribution in [3.05, 3.63) is 22.5 Å². The number of aromatic nitrogens is 1. The summed E-state index contributed by atoms with van der Waals surface area (Å²) < 4.78 is 15.6. The number of aromatic hydroxyl groups is 1. The summed E-state index contributed by atoms with van der Waals surface area (Å²) in [5.74, 6) is 0.922. The average molecular weight is 251 g/mol. The summed E-state index contributed by atoms with van der Waals surface area (Å²) in [4.78, 5) is 14.0. The highest BCUT2D eigenvalue weighted by Crippen LogP contribution is 2.43. The van der Waals surface area contributed by atoms with Crippen LogP contribution < -0.4 is 19.8 Å². The fourth-order valence-electron chi connectivity index (χ4n) is 1.84. The molecule has 0 atom stereocenters. The Kier molecular flexibility index (Phi) is 3.01. The van der Waals surface area contributed by atoms with Gasteiger partial charge < -0.3 is 24.3 Å². The molecule has 96 valence electrons. The standard InChI is InChI=1S/C12H13NO5/c1-16-8-4-6-7(14)5-9(15)13-10(6)12(18-3)11(8)17-2/h4-5H,1-3H3,(H2,13,14,15). The number of methoxy groups -OCH3 is 3. The van der Waals surface area contributed by atoms with Crippen LogP contribution in [0.15, 0.2) is 16.9 Å². The second-order valence-electron chi connectivity index (χ2n) is 3.59. The third-order valence-electron chi connectivity index (χ3n) is 2.62. The molecular formula is C12H13NO5. The molecule has 2 aromatic rings. The second kappa shape index (κ2) is 4.48. The molecule has 1 heterocycles. The van der Waals surface area contributed by atoms with Crippen LogP contribution in [0.4, 0.5) is 0 Å². The molecule has 0 aliphatic carbocycles. The molecular weight excluding hydrogens is 238 g/mol. The predicted octanol–water partition coefficient (Wildman–Crippen LogP) is 1.26. The van der Waals surface area contributed by atoms with Crippen LogP contribution in [0.5, 0.6) is 23.0 Å². The lowest BCUT2D eigenvalue weighted by atomic mass is 10.1. The quantitative estimate of drug-likeness (QED) is 0.858. The Bertz CT molecular complexity index is 647. The lowest BCUT2D eigenvalue weighted by molar-refractivity contribution is 0.326. The summed E-state index contributed by atoms with van der Waals surface area (Å²) in [7, 11) is 4.39. The zero-order valence-corrected chi connectivity index (χ0v) is 10.2. The number of hydrogen-bond donors (Lipinski definition) is 2.